The lowest BCUT2D eigenvalue weighted by Crippen LogP contribution is -2.28. The molecular weight excluding hydrogens is 268 g/mol. The van der Waals surface area contributed by atoms with E-state index in [0.29, 0.717) is 25.3 Å². The van der Waals surface area contributed by atoms with Crippen LogP contribution in [0.2, 0.25) is 0 Å². The Morgan fingerprint density at radius 2 is 2.00 bits per heavy atom. The average Bonchev–Trinajstić information content (AvgIpc) is 2.48. The molecule has 0 saturated carbocycles. The van der Waals surface area contributed by atoms with Crippen molar-refractivity contribution in [2.75, 3.05) is 47.0 Å². The minimum absolute atomic E-state index is 0.132. The fourth-order valence-corrected chi connectivity index (χ4v) is 1.53. The van der Waals surface area contributed by atoms with Gasteiger partial charge in [-0.15, -0.1) is 0 Å². The average molecular weight is 290 g/mol. The SMILES string of the molecule is CN(C)CCOCCNC(=O)c1ccc(C#CCO)cc1. The van der Waals surface area contributed by atoms with E-state index in [1.165, 1.54) is 0 Å². The van der Waals surface area contributed by atoms with Crippen LogP contribution in [0.4, 0.5) is 0 Å². The molecule has 1 amide bonds. The van der Waals surface area contributed by atoms with E-state index >= 15 is 0 Å². The summed E-state index contributed by atoms with van der Waals surface area (Å²) in [5.41, 5.74) is 1.35. The van der Waals surface area contributed by atoms with Crippen molar-refractivity contribution in [1.29, 1.82) is 0 Å². The molecule has 0 aliphatic rings. The Kier molecular flexibility index (Phi) is 8.14. The quantitative estimate of drug-likeness (QED) is 0.561. The molecule has 0 aliphatic heterocycles. The number of carbonyl (C=O) groups excluding carboxylic acids is 1. The number of hydrogen-bond acceptors (Lipinski definition) is 4. The van der Waals surface area contributed by atoms with Crippen LogP contribution in [0.15, 0.2) is 24.3 Å². The molecule has 0 fully saturated rings. The maximum atomic E-state index is 11.9. The number of carbonyl (C=O) groups is 1. The summed E-state index contributed by atoms with van der Waals surface area (Å²) in [5, 5.41) is 11.4. The number of amides is 1. The number of ether oxygens (including phenoxy) is 1. The first-order valence-corrected chi connectivity index (χ1v) is 6.84. The standard InChI is InChI=1S/C16H22N2O3/c1-18(2)10-13-21-12-9-17-16(20)15-7-5-14(6-8-15)4-3-11-19/h5-8,19H,9-13H2,1-2H3,(H,17,20). The Bertz CT molecular complexity index is 486. The lowest BCUT2D eigenvalue weighted by Gasteiger charge is -2.10. The van der Waals surface area contributed by atoms with Crippen molar-refractivity contribution in [1.82, 2.24) is 10.2 Å². The molecule has 0 saturated heterocycles. The molecule has 0 aliphatic carbocycles. The third kappa shape index (κ3) is 7.47. The maximum absolute atomic E-state index is 11.9. The van der Waals surface area contributed by atoms with Gasteiger partial charge in [-0.2, -0.15) is 0 Å². The van der Waals surface area contributed by atoms with Gasteiger partial charge in [0.2, 0.25) is 0 Å². The molecule has 1 aromatic rings. The summed E-state index contributed by atoms with van der Waals surface area (Å²) in [5.74, 6) is 5.21. The molecule has 1 rings (SSSR count). The van der Waals surface area contributed by atoms with E-state index in [4.69, 9.17) is 9.84 Å². The second-order valence-electron chi connectivity index (χ2n) is 4.71. The number of benzene rings is 1. The van der Waals surface area contributed by atoms with Crippen LogP contribution < -0.4 is 5.32 Å². The van der Waals surface area contributed by atoms with Gasteiger partial charge >= 0.3 is 0 Å². The van der Waals surface area contributed by atoms with Crippen LogP contribution in [0.1, 0.15) is 15.9 Å². The van der Waals surface area contributed by atoms with Crippen LogP contribution >= 0.6 is 0 Å². The first kappa shape index (κ1) is 17.2. The third-order valence-electron chi connectivity index (χ3n) is 2.67. The van der Waals surface area contributed by atoms with Gasteiger partial charge < -0.3 is 20.1 Å². The van der Waals surface area contributed by atoms with Crippen LogP contribution in [0.3, 0.4) is 0 Å². The molecule has 5 heteroatoms. The minimum atomic E-state index is -0.171. The van der Waals surface area contributed by atoms with E-state index in [9.17, 15) is 4.79 Å². The Morgan fingerprint density at radius 3 is 2.62 bits per heavy atom. The molecule has 5 nitrogen and oxygen atoms in total. The molecule has 0 unspecified atom stereocenters. The molecule has 0 aromatic heterocycles. The number of likely N-dealkylation sites (N-methyl/N-ethyl adjacent to an activating group) is 1. The van der Waals surface area contributed by atoms with Crippen molar-refractivity contribution in [2.24, 2.45) is 0 Å². The first-order chi connectivity index (χ1) is 10.1. The Balaban J connectivity index is 2.29. The zero-order chi connectivity index (χ0) is 15.5. The first-order valence-electron chi connectivity index (χ1n) is 6.84. The highest BCUT2D eigenvalue weighted by molar-refractivity contribution is 5.94. The number of rotatable bonds is 7. The lowest BCUT2D eigenvalue weighted by molar-refractivity contribution is 0.0900. The van der Waals surface area contributed by atoms with Crippen molar-refractivity contribution < 1.29 is 14.6 Å². The fourth-order valence-electron chi connectivity index (χ4n) is 1.53. The van der Waals surface area contributed by atoms with Crippen LogP contribution in [0, 0.1) is 11.8 Å². The molecular formula is C16H22N2O3. The summed E-state index contributed by atoms with van der Waals surface area (Å²) in [4.78, 5) is 13.9. The molecule has 0 atom stereocenters. The zero-order valence-electron chi connectivity index (χ0n) is 12.6. The highest BCUT2D eigenvalue weighted by Gasteiger charge is 2.03. The predicted octanol–water partition coefficient (Wildman–Crippen LogP) is 0.338. The van der Waals surface area contributed by atoms with Gasteiger partial charge in [-0.05, 0) is 38.4 Å². The van der Waals surface area contributed by atoms with E-state index in [1.807, 2.05) is 19.0 Å². The second-order valence-corrected chi connectivity index (χ2v) is 4.71. The van der Waals surface area contributed by atoms with Crippen molar-refractivity contribution in [2.45, 2.75) is 0 Å². The molecule has 2 N–H and O–H groups in total. The summed E-state index contributed by atoms with van der Waals surface area (Å²) in [6, 6.07) is 6.93. The Morgan fingerprint density at radius 1 is 1.29 bits per heavy atom. The summed E-state index contributed by atoms with van der Waals surface area (Å²) in [7, 11) is 3.97. The molecule has 1 aromatic carbocycles. The van der Waals surface area contributed by atoms with Crippen LogP contribution in [0.25, 0.3) is 0 Å². The molecule has 0 spiro atoms. The van der Waals surface area contributed by atoms with Gasteiger partial charge in [0.15, 0.2) is 0 Å². The number of aliphatic hydroxyl groups is 1. The van der Waals surface area contributed by atoms with Gasteiger partial charge in [0.05, 0.1) is 13.2 Å². The monoisotopic (exact) mass is 290 g/mol. The molecule has 0 heterocycles. The van der Waals surface area contributed by atoms with Crippen molar-refractivity contribution in [3.63, 3.8) is 0 Å². The van der Waals surface area contributed by atoms with E-state index in [1.54, 1.807) is 24.3 Å². The predicted molar refractivity (Wildman–Crippen MR) is 82.1 cm³/mol. The van der Waals surface area contributed by atoms with Gasteiger partial charge in [0, 0.05) is 24.2 Å². The van der Waals surface area contributed by atoms with Crippen molar-refractivity contribution >= 4 is 5.91 Å². The number of aliphatic hydroxyl groups excluding tert-OH is 1. The topological polar surface area (TPSA) is 61.8 Å². The highest BCUT2D eigenvalue weighted by atomic mass is 16.5. The zero-order valence-corrected chi connectivity index (χ0v) is 12.6. The van der Waals surface area contributed by atoms with Gasteiger partial charge in [-0.3, -0.25) is 4.79 Å². The van der Waals surface area contributed by atoms with Gasteiger partial charge in [-0.1, -0.05) is 11.8 Å². The molecule has 0 bridgehead atoms. The Labute approximate surface area is 125 Å². The number of nitrogens with one attached hydrogen (secondary N) is 1. The van der Waals surface area contributed by atoms with Crippen LogP contribution in [0.5, 0.6) is 0 Å². The summed E-state index contributed by atoms with van der Waals surface area (Å²) in [6.07, 6.45) is 0. The fraction of sp³-hybridized carbons (Fsp3) is 0.438. The van der Waals surface area contributed by atoms with Crippen LogP contribution in [-0.2, 0) is 4.74 Å². The summed E-state index contributed by atoms with van der Waals surface area (Å²) < 4.78 is 5.40. The Hall–Kier alpha value is -1.87. The second kappa shape index (κ2) is 9.94. The smallest absolute Gasteiger partial charge is 0.251 e. The molecule has 0 radical (unpaired) electrons. The summed E-state index contributed by atoms with van der Waals surface area (Å²) in [6.45, 7) is 2.33. The van der Waals surface area contributed by atoms with Gasteiger partial charge in [0.1, 0.15) is 6.61 Å². The normalized spacial score (nSPS) is 10.1. The van der Waals surface area contributed by atoms with Crippen LogP contribution in [-0.4, -0.2) is 62.9 Å². The maximum Gasteiger partial charge on any atom is 0.251 e. The molecule has 21 heavy (non-hydrogen) atoms. The lowest BCUT2D eigenvalue weighted by atomic mass is 10.1. The van der Waals surface area contributed by atoms with E-state index in [-0.39, 0.29) is 12.5 Å². The van der Waals surface area contributed by atoms with Gasteiger partial charge in [-0.25, -0.2) is 0 Å². The third-order valence-corrected chi connectivity index (χ3v) is 2.67. The highest BCUT2D eigenvalue weighted by Crippen LogP contribution is 2.03. The largest absolute Gasteiger partial charge is 0.384 e. The summed E-state index contributed by atoms with van der Waals surface area (Å²) >= 11 is 0. The van der Waals surface area contributed by atoms with Crippen molar-refractivity contribution in [3.05, 3.63) is 35.4 Å². The minimum Gasteiger partial charge on any atom is -0.384 e. The van der Waals surface area contributed by atoms with E-state index in [0.717, 1.165) is 12.1 Å². The van der Waals surface area contributed by atoms with E-state index < -0.39 is 0 Å². The number of nitrogens with zero attached hydrogens (tertiary/aromatic N) is 1. The number of hydrogen-bond donors (Lipinski definition) is 2. The molecule has 114 valence electrons. The van der Waals surface area contributed by atoms with E-state index in [2.05, 4.69) is 17.2 Å². The van der Waals surface area contributed by atoms with Gasteiger partial charge in [0.25, 0.3) is 5.91 Å². The van der Waals surface area contributed by atoms with Crippen molar-refractivity contribution in [3.8, 4) is 11.8 Å².